The second-order valence-electron chi connectivity index (χ2n) is 4.92. The van der Waals surface area contributed by atoms with Crippen molar-refractivity contribution in [3.63, 3.8) is 0 Å². The van der Waals surface area contributed by atoms with Gasteiger partial charge in [-0.05, 0) is 37.0 Å². The van der Waals surface area contributed by atoms with Gasteiger partial charge in [-0.25, -0.2) is 4.39 Å². The molecule has 2 N–H and O–H groups in total. The molecule has 1 rings (SSSR count). The van der Waals surface area contributed by atoms with Crippen LogP contribution in [-0.4, -0.2) is 25.6 Å². The maximum atomic E-state index is 12.8. The maximum absolute atomic E-state index is 12.8. The van der Waals surface area contributed by atoms with Gasteiger partial charge in [-0.2, -0.15) is 0 Å². The number of hydrogen-bond acceptors (Lipinski definition) is 1. The highest BCUT2D eigenvalue weighted by Gasteiger charge is 1.99. The number of hydrogen-bond donors (Lipinski definition) is 2. The maximum Gasteiger partial charge on any atom is 0.191 e. The fourth-order valence-electron chi connectivity index (χ4n) is 1.59. The lowest BCUT2D eigenvalue weighted by Crippen LogP contribution is -2.38. The van der Waals surface area contributed by atoms with Crippen LogP contribution in [0, 0.1) is 11.7 Å². The van der Waals surface area contributed by atoms with Gasteiger partial charge in [0.05, 0.1) is 0 Å². The Kier molecular flexibility index (Phi) is 10.4. The molecule has 0 saturated heterocycles. The summed E-state index contributed by atoms with van der Waals surface area (Å²) in [6.45, 7) is 8.78. The van der Waals surface area contributed by atoms with Crippen molar-refractivity contribution in [1.29, 1.82) is 0 Å². The first-order chi connectivity index (χ1) is 9.11. The zero-order chi connectivity index (χ0) is 14.1. The van der Waals surface area contributed by atoms with Gasteiger partial charge in [0.2, 0.25) is 0 Å². The largest absolute Gasteiger partial charge is 0.357 e. The van der Waals surface area contributed by atoms with Crippen molar-refractivity contribution in [1.82, 2.24) is 10.6 Å². The summed E-state index contributed by atoms with van der Waals surface area (Å²) in [7, 11) is 0. The van der Waals surface area contributed by atoms with E-state index in [0.29, 0.717) is 5.92 Å². The predicted octanol–water partition coefficient (Wildman–Crippen LogP) is 3.20. The third-order valence-corrected chi connectivity index (χ3v) is 2.58. The first kappa shape index (κ1) is 19.1. The Hall–Kier alpha value is -0.850. The Morgan fingerprint density at radius 3 is 2.40 bits per heavy atom. The van der Waals surface area contributed by atoms with Gasteiger partial charge in [0.25, 0.3) is 0 Å². The highest BCUT2D eigenvalue weighted by Crippen LogP contribution is 2.02. The molecule has 1 aromatic carbocycles. The number of halogens is 2. The van der Waals surface area contributed by atoms with Crippen LogP contribution in [0.1, 0.15) is 26.3 Å². The van der Waals surface area contributed by atoms with E-state index in [9.17, 15) is 4.39 Å². The third-order valence-electron chi connectivity index (χ3n) is 2.58. The monoisotopic (exact) mass is 393 g/mol. The summed E-state index contributed by atoms with van der Waals surface area (Å²) in [5, 5.41) is 6.50. The van der Waals surface area contributed by atoms with Gasteiger partial charge in [0.15, 0.2) is 5.96 Å². The van der Waals surface area contributed by atoms with Crippen LogP contribution in [0.5, 0.6) is 0 Å². The summed E-state index contributed by atoms with van der Waals surface area (Å²) in [5.74, 6) is 1.20. The molecule has 0 aliphatic carbocycles. The lowest BCUT2D eigenvalue weighted by atomic mass is 10.1. The molecule has 114 valence electrons. The van der Waals surface area contributed by atoms with E-state index >= 15 is 0 Å². The topological polar surface area (TPSA) is 36.4 Å². The van der Waals surface area contributed by atoms with E-state index < -0.39 is 0 Å². The molecule has 0 bridgehead atoms. The number of guanidine groups is 1. The van der Waals surface area contributed by atoms with Crippen LogP contribution in [0.15, 0.2) is 29.3 Å². The molecule has 1 aromatic rings. The van der Waals surface area contributed by atoms with Gasteiger partial charge < -0.3 is 10.6 Å². The molecule has 0 atom stereocenters. The molecule has 0 saturated carbocycles. The van der Waals surface area contributed by atoms with Gasteiger partial charge in [-0.3, -0.25) is 4.99 Å². The Bertz CT molecular complexity index is 391. The second kappa shape index (κ2) is 10.9. The van der Waals surface area contributed by atoms with Crippen LogP contribution in [0.4, 0.5) is 4.39 Å². The molecule has 0 fully saturated rings. The molecular formula is C15H25FIN3. The lowest BCUT2D eigenvalue weighted by Gasteiger charge is -2.12. The first-order valence-corrected chi connectivity index (χ1v) is 6.88. The minimum Gasteiger partial charge on any atom is -0.357 e. The first-order valence-electron chi connectivity index (χ1n) is 6.88. The molecule has 3 nitrogen and oxygen atoms in total. The number of aliphatic imine (C=N–C) groups is 1. The lowest BCUT2D eigenvalue weighted by molar-refractivity contribution is 0.626. The summed E-state index contributed by atoms with van der Waals surface area (Å²) < 4.78 is 12.8. The molecule has 5 heteroatoms. The summed E-state index contributed by atoms with van der Waals surface area (Å²) in [5.41, 5.74) is 1.12. The molecule has 0 aliphatic heterocycles. The standard InChI is InChI=1S/C15H24FN3.HI/c1-4-17-15(19-11-12(2)3)18-10-9-13-5-7-14(16)8-6-13;/h5-8,12H,4,9-11H2,1-3H3,(H2,17,18,19);1H. The van der Waals surface area contributed by atoms with Crippen LogP contribution in [0.2, 0.25) is 0 Å². The SMILES string of the molecule is CCNC(=NCC(C)C)NCCc1ccc(F)cc1.I. The average Bonchev–Trinajstić information content (AvgIpc) is 2.38. The Labute approximate surface area is 138 Å². The summed E-state index contributed by atoms with van der Waals surface area (Å²) in [6.07, 6.45) is 0.854. The summed E-state index contributed by atoms with van der Waals surface area (Å²) in [4.78, 5) is 4.49. The van der Waals surface area contributed by atoms with Crippen LogP contribution in [0.3, 0.4) is 0 Å². The Balaban J connectivity index is 0.00000361. The van der Waals surface area contributed by atoms with Crippen LogP contribution >= 0.6 is 24.0 Å². The van der Waals surface area contributed by atoms with Crippen LogP contribution in [-0.2, 0) is 6.42 Å². The molecule has 0 heterocycles. The molecule has 0 aromatic heterocycles. The third kappa shape index (κ3) is 8.35. The fourth-order valence-corrected chi connectivity index (χ4v) is 1.59. The molecule has 0 unspecified atom stereocenters. The van der Waals surface area contributed by atoms with Crippen LogP contribution in [0.25, 0.3) is 0 Å². The highest BCUT2D eigenvalue weighted by atomic mass is 127. The Morgan fingerprint density at radius 2 is 1.85 bits per heavy atom. The van der Waals surface area contributed by atoms with E-state index in [0.717, 1.165) is 37.6 Å². The van der Waals surface area contributed by atoms with Gasteiger partial charge in [-0.1, -0.05) is 26.0 Å². The van der Waals surface area contributed by atoms with E-state index in [1.165, 1.54) is 12.1 Å². The van der Waals surface area contributed by atoms with E-state index in [1.807, 2.05) is 19.1 Å². The summed E-state index contributed by atoms with van der Waals surface area (Å²) in [6, 6.07) is 6.62. The smallest absolute Gasteiger partial charge is 0.191 e. The van der Waals surface area contributed by atoms with Crippen molar-refractivity contribution in [3.05, 3.63) is 35.6 Å². The minimum atomic E-state index is -0.191. The van der Waals surface area contributed by atoms with Crippen molar-refractivity contribution in [2.45, 2.75) is 27.2 Å². The van der Waals surface area contributed by atoms with E-state index in [4.69, 9.17) is 0 Å². The summed E-state index contributed by atoms with van der Waals surface area (Å²) >= 11 is 0. The van der Waals surface area contributed by atoms with Crippen molar-refractivity contribution >= 4 is 29.9 Å². The fraction of sp³-hybridized carbons (Fsp3) is 0.533. The van der Waals surface area contributed by atoms with Crippen molar-refractivity contribution in [3.8, 4) is 0 Å². The predicted molar refractivity (Wildman–Crippen MR) is 94.3 cm³/mol. The van der Waals surface area contributed by atoms with E-state index in [2.05, 4.69) is 29.5 Å². The molecular weight excluding hydrogens is 368 g/mol. The van der Waals surface area contributed by atoms with Crippen molar-refractivity contribution < 1.29 is 4.39 Å². The molecule has 0 spiro atoms. The Morgan fingerprint density at radius 1 is 1.20 bits per heavy atom. The quantitative estimate of drug-likeness (QED) is 0.443. The zero-order valence-electron chi connectivity index (χ0n) is 12.4. The normalized spacial score (nSPS) is 11.2. The van der Waals surface area contributed by atoms with Gasteiger partial charge in [0.1, 0.15) is 5.82 Å². The van der Waals surface area contributed by atoms with Crippen molar-refractivity contribution in [2.24, 2.45) is 10.9 Å². The van der Waals surface area contributed by atoms with Gasteiger partial charge >= 0.3 is 0 Å². The van der Waals surface area contributed by atoms with Crippen molar-refractivity contribution in [2.75, 3.05) is 19.6 Å². The highest BCUT2D eigenvalue weighted by molar-refractivity contribution is 14.0. The van der Waals surface area contributed by atoms with Gasteiger partial charge in [0, 0.05) is 19.6 Å². The number of nitrogens with zero attached hydrogens (tertiary/aromatic N) is 1. The number of rotatable bonds is 6. The molecule has 0 radical (unpaired) electrons. The molecule has 20 heavy (non-hydrogen) atoms. The van der Waals surface area contributed by atoms with E-state index in [1.54, 1.807) is 0 Å². The average molecular weight is 393 g/mol. The number of nitrogens with one attached hydrogen (secondary N) is 2. The van der Waals surface area contributed by atoms with Crippen LogP contribution < -0.4 is 10.6 Å². The molecule has 0 aliphatic rings. The molecule has 0 amide bonds. The minimum absolute atomic E-state index is 0. The van der Waals surface area contributed by atoms with Gasteiger partial charge in [-0.15, -0.1) is 24.0 Å². The number of benzene rings is 1. The zero-order valence-corrected chi connectivity index (χ0v) is 14.8. The van der Waals surface area contributed by atoms with E-state index in [-0.39, 0.29) is 29.8 Å². The second-order valence-corrected chi connectivity index (χ2v) is 4.92.